The van der Waals surface area contributed by atoms with E-state index in [1.165, 1.54) is 0 Å². The van der Waals surface area contributed by atoms with Crippen LogP contribution < -0.4 is 5.32 Å². The minimum absolute atomic E-state index is 0.296. The quantitative estimate of drug-likeness (QED) is 0.853. The van der Waals surface area contributed by atoms with Crippen LogP contribution in [0.3, 0.4) is 0 Å². The molecular weight excluding hydrogens is 314 g/mol. The van der Waals surface area contributed by atoms with Crippen molar-refractivity contribution in [3.05, 3.63) is 65.2 Å². The third-order valence-corrected chi connectivity index (χ3v) is 4.18. The molecule has 0 aliphatic heterocycles. The maximum absolute atomic E-state index is 12.3. The molecule has 1 aliphatic rings. The largest absolute Gasteiger partial charge is 0.455 e. The molecule has 2 aromatic carbocycles. The zero-order chi connectivity index (χ0) is 16.3. The number of hydrogen-bond acceptors (Lipinski definition) is 3. The molecule has 0 aromatic heterocycles. The molecule has 0 bridgehead atoms. The average molecular weight is 330 g/mol. The summed E-state index contributed by atoms with van der Waals surface area (Å²) in [6, 6.07) is 16.3. The van der Waals surface area contributed by atoms with Crippen LogP contribution in [0.1, 0.15) is 18.4 Å². The maximum atomic E-state index is 12.3. The van der Waals surface area contributed by atoms with Gasteiger partial charge in [-0.1, -0.05) is 41.9 Å². The number of amides is 1. The fraction of sp³-hybridized carbons (Fsp3) is 0.222. The number of nitrogens with one attached hydrogen (secondary N) is 1. The van der Waals surface area contributed by atoms with Crippen LogP contribution in [-0.4, -0.2) is 18.5 Å². The van der Waals surface area contributed by atoms with E-state index < -0.39 is 5.41 Å². The Labute approximate surface area is 139 Å². The molecule has 0 atom stereocenters. The van der Waals surface area contributed by atoms with Crippen LogP contribution in [0.25, 0.3) is 0 Å². The molecule has 4 nitrogen and oxygen atoms in total. The second-order valence-corrected chi connectivity index (χ2v) is 6.02. The smallest absolute Gasteiger partial charge is 0.317 e. The normalized spacial score (nSPS) is 14.8. The molecule has 118 valence electrons. The minimum Gasteiger partial charge on any atom is -0.455 e. The van der Waals surface area contributed by atoms with Gasteiger partial charge in [-0.25, -0.2) is 0 Å². The summed E-state index contributed by atoms with van der Waals surface area (Å²) < 4.78 is 5.20. The summed E-state index contributed by atoms with van der Waals surface area (Å²) in [5.41, 5.74) is 0.990. The van der Waals surface area contributed by atoms with Gasteiger partial charge in [-0.2, -0.15) is 0 Å². The Morgan fingerprint density at radius 3 is 2.30 bits per heavy atom. The monoisotopic (exact) mass is 329 g/mol. The maximum Gasteiger partial charge on any atom is 0.317 e. The Morgan fingerprint density at radius 1 is 1.04 bits per heavy atom. The molecule has 0 saturated heterocycles. The van der Waals surface area contributed by atoms with E-state index in [2.05, 4.69) is 5.32 Å². The minimum atomic E-state index is -0.568. The number of benzene rings is 2. The first-order chi connectivity index (χ1) is 11.1. The first-order valence-electron chi connectivity index (χ1n) is 7.38. The summed E-state index contributed by atoms with van der Waals surface area (Å²) >= 11 is 5.78. The van der Waals surface area contributed by atoms with Crippen molar-refractivity contribution in [3.63, 3.8) is 0 Å². The number of halogens is 1. The predicted molar refractivity (Wildman–Crippen MR) is 88.4 cm³/mol. The molecule has 1 N–H and O–H groups in total. The van der Waals surface area contributed by atoms with Gasteiger partial charge in [0.15, 0.2) is 6.61 Å². The van der Waals surface area contributed by atoms with E-state index in [0.29, 0.717) is 10.7 Å². The molecule has 23 heavy (non-hydrogen) atoms. The van der Waals surface area contributed by atoms with E-state index in [1.54, 1.807) is 24.3 Å². The lowest BCUT2D eigenvalue weighted by molar-refractivity contribution is -0.150. The van der Waals surface area contributed by atoms with Crippen molar-refractivity contribution in [3.8, 4) is 0 Å². The highest BCUT2D eigenvalue weighted by Crippen LogP contribution is 2.49. The zero-order valence-corrected chi connectivity index (χ0v) is 13.2. The van der Waals surface area contributed by atoms with Crippen molar-refractivity contribution in [1.82, 2.24) is 0 Å². The zero-order valence-electron chi connectivity index (χ0n) is 12.4. The highest BCUT2D eigenvalue weighted by molar-refractivity contribution is 6.30. The number of esters is 1. The van der Waals surface area contributed by atoms with Crippen LogP contribution in [0.15, 0.2) is 54.6 Å². The van der Waals surface area contributed by atoms with Crippen molar-refractivity contribution in [1.29, 1.82) is 0 Å². The van der Waals surface area contributed by atoms with Crippen molar-refractivity contribution < 1.29 is 14.3 Å². The van der Waals surface area contributed by atoms with Gasteiger partial charge in [0.05, 0.1) is 5.41 Å². The highest BCUT2D eigenvalue weighted by atomic mass is 35.5. The molecule has 1 fully saturated rings. The Kier molecular flexibility index (Phi) is 4.35. The SMILES string of the molecule is O=C(COC(=O)C1(c2ccccc2)CC1)Nc1ccc(Cl)cc1. The van der Waals surface area contributed by atoms with E-state index in [1.807, 2.05) is 30.3 Å². The lowest BCUT2D eigenvalue weighted by Crippen LogP contribution is -2.28. The van der Waals surface area contributed by atoms with Crippen LogP contribution in [-0.2, 0) is 19.7 Å². The van der Waals surface area contributed by atoms with Crippen molar-refractivity contribution in [2.75, 3.05) is 11.9 Å². The Morgan fingerprint density at radius 2 is 1.70 bits per heavy atom. The molecule has 3 rings (SSSR count). The van der Waals surface area contributed by atoms with Crippen LogP contribution in [0, 0.1) is 0 Å². The summed E-state index contributed by atoms with van der Waals surface area (Å²) in [5, 5.41) is 3.25. The summed E-state index contributed by atoms with van der Waals surface area (Å²) in [6.45, 7) is -0.296. The number of carbonyl (C=O) groups excluding carboxylic acids is 2. The van der Waals surface area contributed by atoms with Gasteiger partial charge in [-0.05, 0) is 42.7 Å². The summed E-state index contributed by atoms with van der Waals surface area (Å²) in [5.74, 6) is -0.709. The van der Waals surface area contributed by atoms with Gasteiger partial charge in [0.2, 0.25) is 0 Å². The molecular formula is C18H16ClNO3. The molecule has 0 heterocycles. The first-order valence-corrected chi connectivity index (χ1v) is 7.76. The fourth-order valence-electron chi connectivity index (χ4n) is 2.49. The predicted octanol–water partition coefficient (Wildman–Crippen LogP) is 3.55. The van der Waals surface area contributed by atoms with Crippen molar-refractivity contribution >= 4 is 29.2 Å². The summed E-state index contributed by atoms with van der Waals surface area (Å²) in [7, 11) is 0. The molecule has 1 amide bonds. The lowest BCUT2D eigenvalue weighted by atomic mass is 9.96. The molecule has 0 radical (unpaired) electrons. The third kappa shape index (κ3) is 3.54. The van der Waals surface area contributed by atoms with Gasteiger partial charge >= 0.3 is 5.97 Å². The van der Waals surface area contributed by atoms with Crippen molar-refractivity contribution in [2.45, 2.75) is 18.3 Å². The molecule has 5 heteroatoms. The molecule has 0 unspecified atom stereocenters. The van der Waals surface area contributed by atoms with E-state index >= 15 is 0 Å². The Bertz CT molecular complexity index is 709. The van der Waals surface area contributed by atoms with Crippen LogP contribution in [0.2, 0.25) is 5.02 Å². The number of ether oxygens (including phenoxy) is 1. The summed E-state index contributed by atoms with van der Waals surface area (Å²) in [4.78, 5) is 24.2. The number of anilines is 1. The standard InChI is InChI=1S/C18H16ClNO3/c19-14-6-8-15(9-7-14)20-16(21)12-23-17(22)18(10-11-18)13-4-2-1-3-5-13/h1-9H,10-12H2,(H,20,21). The average Bonchev–Trinajstić information content (AvgIpc) is 3.37. The van der Waals surface area contributed by atoms with Gasteiger partial charge in [0.25, 0.3) is 5.91 Å². The molecule has 1 saturated carbocycles. The highest BCUT2D eigenvalue weighted by Gasteiger charge is 2.52. The Hall–Kier alpha value is -2.33. The summed E-state index contributed by atoms with van der Waals surface area (Å²) in [6.07, 6.45) is 1.52. The van der Waals surface area contributed by atoms with E-state index in [0.717, 1.165) is 18.4 Å². The van der Waals surface area contributed by atoms with E-state index in [4.69, 9.17) is 16.3 Å². The van der Waals surface area contributed by atoms with Gasteiger partial charge in [-0.3, -0.25) is 9.59 Å². The van der Waals surface area contributed by atoms with Crippen molar-refractivity contribution in [2.24, 2.45) is 0 Å². The second kappa shape index (κ2) is 6.42. The second-order valence-electron chi connectivity index (χ2n) is 5.58. The van der Waals surface area contributed by atoms with Gasteiger partial charge in [-0.15, -0.1) is 0 Å². The van der Waals surface area contributed by atoms with Crippen LogP contribution in [0.5, 0.6) is 0 Å². The topological polar surface area (TPSA) is 55.4 Å². The first kappa shape index (κ1) is 15.6. The molecule has 1 aliphatic carbocycles. The molecule has 2 aromatic rings. The van der Waals surface area contributed by atoms with E-state index in [-0.39, 0.29) is 18.5 Å². The van der Waals surface area contributed by atoms with Crippen LogP contribution >= 0.6 is 11.6 Å². The fourth-order valence-corrected chi connectivity index (χ4v) is 2.62. The number of hydrogen-bond donors (Lipinski definition) is 1. The molecule has 0 spiro atoms. The third-order valence-electron chi connectivity index (χ3n) is 3.93. The van der Waals surface area contributed by atoms with Crippen LogP contribution in [0.4, 0.5) is 5.69 Å². The van der Waals surface area contributed by atoms with Gasteiger partial charge < -0.3 is 10.1 Å². The lowest BCUT2D eigenvalue weighted by Gasteiger charge is -2.14. The van der Waals surface area contributed by atoms with Gasteiger partial charge in [0, 0.05) is 10.7 Å². The Balaban J connectivity index is 1.55. The number of rotatable bonds is 5. The van der Waals surface area contributed by atoms with Gasteiger partial charge in [0.1, 0.15) is 0 Å². The van der Waals surface area contributed by atoms with E-state index in [9.17, 15) is 9.59 Å². The number of carbonyl (C=O) groups is 2.